The van der Waals surface area contributed by atoms with Crippen LogP contribution >= 0.6 is 0 Å². The molecule has 0 saturated heterocycles. The summed E-state index contributed by atoms with van der Waals surface area (Å²) < 4.78 is 24.1. The number of hydrogen-bond acceptors (Lipinski definition) is 4. The molecule has 0 saturated carbocycles. The van der Waals surface area contributed by atoms with E-state index in [1.54, 1.807) is 12.1 Å². The molecule has 2 atom stereocenters. The van der Waals surface area contributed by atoms with E-state index >= 15 is 0 Å². The number of methoxy groups -OCH3 is 1. The van der Waals surface area contributed by atoms with Crippen LogP contribution in [0.5, 0.6) is 11.5 Å². The van der Waals surface area contributed by atoms with E-state index in [1.165, 1.54) is 13.2 Å². The zero-order chi connectivity index (χ0) is 17.5. The van der Waals surface area contributed by atoms with Crippen molar-refractivity contribution < 1.29 is 19.0 Å². The number of halogens is 1. The fourth-order valence-electron chi connectivity index (χ4n) is 2.34. The lowest BCUT2D eigenvalue weighted by Gasteiger charge is -2.19. The molecule has 0 aliphatic carbocycles. The molecule has 0 aliphatic heterocycles. The van der Waals surface area contributed by atoms with Crippen molar-refractivity contribution in [2.45, 2.75) is 26.0 Å². The van der Waals surface area contributed by atoms with Crippen LogP contribution in [0.1, 0.15) is 24.1 Å². The number of rotatable bonds is 8. The van der Waals surface area contributed by atoms with Crippen LogP contribution in [0.4, 0.5) is 4.39 Å². The SMILES string of the molecule is COc1cc(C(C)NCC(O)COc2ccccc2C)ccc1F. The van der Waals surface area contributed by atoms with Gasteiger partial charge >= 0.3 is 0 Å². The van der Waals surface area contributed by atoms with Crippen molar-refractivity contribution >= 4 is 0 Å². The van der Waals surface area contributed by atoms with Crippen molar-refractivity contribution in [3.05, 3.63) is 59.4 Å². The number of nitrogens with one attached hydrogen (secondary N) is 1. The molecule has 4 nitrogen and oxygen atoms in total. The quantitative estimate of drug-likeness (QED) is 0.779. The summed E-state index contributed by atoms with van der Waals surface area (Å²) in [4.78, 5) is 0. The van der Waals surface area contributed by atoms with Gasteiger partial charge in [0.1, 0.15) is 18.5 Å². The Morgan fingerprint density at radius 3 is 2.62 bits per heavy atom. The van der Waals surface area contributed by atoms with Crippen molar-refractivity contribution in [1.82, 2.24) is 5.32 Å². The van der Waals surface area contributed by atoms with Crippen molar-refractivity contribution in [3.8, 4) is 11.5 Å². The first-order valence-corrected chi connectivity index (χ1v) is 7.94. The van der Waals surface area contributed by atoms with Crippen LogP contribution in [0, 0.1) is 12.7 Å². The van der Waals surface area contributed by atoms with Crippen LogP contribution in [0.2, 0.25) is 0 Å². The number of aryl methyl sites for hydroxylation is 1. The van der Waals surface area contributed by atoms with Gasteiger partial charge in [-0.1, -0.05) is 24.3 Å². The fourth-order valence-corrected chi connectivity index (χ4v) is 2.34. The summed E-state index contributed by atoms with van der Waals surface area (Å²) in [6, 6.07) is 12.4. The minimum atomic E-state index is -0.644. The molecule has 5 heteroatoms. The van der Waals surface area contributed by atoms with Gasteiger partial charge in [0.2, 0.25) is 0 Å². The first-order chi connectivity index (χ1) is 11.5. The van der Waals surface area contributed by atoms with Gasteiger partial charge in [-0.15, -0.1) is 0 Å². The molecule has 0 heterocycles. The second-order valence-corrected chi connectivity index (χ2v) is 5.75. The third-order valence-electron chi connectivity index (χ3n) is 3.86. The number of benzene rings is 2. The van der Waals surface area contributed by atoms with Crippen molar-refractivity contribution in [3.63, 3.8) is 0 Å². The lowest BCUT2D eigenvalue weighted by atomic mass is 10.1. The van der Waals surface area contributed by atoms with Gasteiger partial charge in [-0.05, 0) is 43.2 Å². The number of para-hydroxylation sites is 1. The summed E-state index contributed by atoms with van der Waals surface area (Å²) in [6.07, 6.45) is -0.644. The third-order valence-corrected chi connectivity index (χ3v) is 3.86. The Morgan fingerprint density at radius 2 is 1.92 bits per heavy atom. The van der Waals surface area contributed by atoms with Gasteiger partial charge in [0, 0.05) is 12.6 Å². The predicted octanol–water partition coefficient (Wildman–Crippen LogP) is 3.23. The summed E-state index contributed by atoms with van der Waals surface area (Å²) in [5.41, 5.74) is 1.92. The number of aliphatic hydroxyl groups excluding tert-OH is 1. The molecule has 2 aromatic carbocycles. The van der Waals surface area contributed by atoms with Crippen LogP contribution in [0.25, 0.3) is 0 Å². The highest BCUT2D eigenvalue weighted by Crippen LogP contribution is 2.22. The Morgan fingerprint density at radius 1 is 1.17 bits per heavy atom. The lowest BCUT2D eigenvalue weighted by molar-refractivity contribution is 0.104. The molecule has 0 spiro atoms. The van der Waals surface area contributed by atoms with E-state index in [2.05, 4.69) is 5.32 Å². The smallest absolute Gasteiger partial charge is 0.165 e. The first kappa shape index (κ1) is 18.2. The third kappa shape index (κ3) is 4.94. The summed E-state index contributed by atoms with van der Waals surface area (Å²) >= 11 is 0. The van der Waals surface area contributed by atoms with E-state index < -0.39 is 6.10 Å². The summed E-state index contributed by atoms with van der Waals surface area (Å²) in [5.74, 6) is 0.595. The Hall–Kier alpha value is -2.11. The minimum absolute atomic E-state index is 0.0485. The molecular weight excluding hydrogens is 309 g/mol. The summed E-state index contributed by atoms with van der Waals surface area (Å²) in [6.45, 7) is 4.48. The van der Waals surface area contributed by atoms with Crippen LogP contribution in [-0.2, 0) is 0 Å². The highest BCUT2D eigenvalue weighted by atomic mass is 19.1. The zero-order valence-corrected chi connectivity index (χ0v) is 14.3. The van der Waals surface area contributed by atoms with Gasteiger partial charge in [0.05, 0.1) is 7.11 Å². The van der Waals surface area contributed by atoms with E-state index in [0.29, 0.717) is 6.54 Å². The Bertz CT molecular complexity index is 663. The Labute approximate surface area is 142 Å². The van der Waals surface area contributed by atoms with Crippen LogP contribution in [0.15, 0.2) is 42.5 Å². The number of hydrogen-bond donors (Lipinski definition) is 2. The fraction of sp³-hybridized carbons (Fsp3) is 0.368. The largest absolute Gasteiger partial charge is 0.494 e. The molecule has 130 valence electrons. The molecule has 2 aromatic rings. The molecule has 0 amide bonds. The number of aliphatic hydroxyl groups is 1. The monoisotopic (exact) mass is 333 g/mol. The lowest BCUT2D eigenvalue weighted by Crippen LogP contribution is -2.33. The zero-order valence-electron chi connectivity index (χ0n) is 14.3. The van der Waals surface area contributed by atoms with Crippen LogP contribution in [0.3, 0.4) is 0 Å². The molecule has 0 bridgehead atoms. The van der Waals surface area contributed by atoms with Gasteiger partial charge in [0.15, 0.2) is 11.6 Å². The highest BCUT2D eigenvalue weighted by Gasteiger charge is 2.12. The second-order valence-electron chi connectivity index (χ2n) is 5.75. The molecule has 0 aliphatic rings. The standard InChI is InChI=1S/C19H24FNO3/c1-13-6-4-5-7-18(13)24-12-16(22)11-21-14(2)15-8-9-17(20)19(10-15)23-3/h4-10,14,16,21-22H,11-12H2,1-3H3. The molecule has 2 rings (SSSR count). The molecule has 0 fully saturated rings. The maximum Gasteiger partial charge on any atom is 0.165 e. The van der Waals surface area contributed by atoms with Crippen LogP contribution < -0.4 is 14.8 Å². The van der Waals surface area contributed by atoms with Gasteiger partial charge in [-0.3, -0.25) is 0 Å². The van der Waals surface area contributed by atoms with Gasteiger partial charge in [-0.25, -0.2) is 4.39 Å². The molecule has 2 unspecified atom stereocenters. The van der Waals surface area contributed by atoms with E-state index in [4.69, 9.17) is 9.47 Å². The second kappa shape index (κ2) is 8.66. The molecule has 0 aromatic heterocycles. The van der Waals surface area contributed by atoms with E-state index in [9.17, 15) is 9.50 Å². The van der Waals surface area contributed by atoms with Gasteiger partial charge < -0.3 is 19.9 Å². The predicted molar refractivity (Wildman–Crippen MR) is 92.1 cm³/mol. The normalized spacial score (nSPS) is 13.4. The van der Waals surface area contributed by atoms with E-state index in [-0.39, 0.29) is 24.2 Å². The average molecular weight is 333 g/mol. The van der Waals surface area contributed by atoms with Gasteiger partial charge in [0.25, 0.3) is 0 Å². The minimum Gasteiger partial charge on any atom is -0.494 e. The summed E-state index contributed by atoms with van der Waals surface area (Å²) in [5, 5.41) is 13.3. The molecule has 0 radical (unpaired) electrons. The van der Waals surface area contributed by atoms with Crippen LogP contribution in [-0.4, -0.2) is 31.5 Å². The topological polar surface area (TPSA) is 50.7 Å². The molecule has 24 heavy (non-hydrogen) atoms. The van der Waals surface area contributed by atoms with Gasteiger partial charge in [-0.2, -0.15) is 0 Å². The van der Waals surface area contributed by atoms with Crippen molar-refractivity contribution in [1.29, 1.82) is 0 Å². The summed E-state index contributed by atoms with van der Waals surface area (Å²) in [7, 11) is 1.44. The average Bonchev–Trinajstić information content (AvgIpc) is 2.59. The molecular formula is C19H24FNO3. The highest BCUT2D eigenvalue weighted by molar-refractivity contribution is 5.32. The van der Waals surface area contributed by atoms with E-state index in [0.717, 1.165) is 16.9 Å². The molecule has 2 N–H and O–H groups in total. The maximum absolute atomic E-state index is 13.4. The van der Waals surface area contributed by atoms with Crippen molar-refractivity contribution in [2.24, 2.45) is 0 Å². The number of ether oxygens (including phenoxy) is 2. The van der Waals surface area contributed by atoms with Crippen molar-refractivity contribution in [2.75, 3.05) is 20.3 Å². The Kier molecular flexibility index (Phi) is 6.58. The Balaban J connectivity index is 1.82. The maximum atomic E-state index is 13.4. The van der Waals surface area contributed by atoms with E-state index in [1.807, 2.05) is 38.1 Å². The first-order valence-electron chi connectivity index (χ1n) is 7.94.